The van der Waals surface area contributed by atoms with E-state index in [0.29, 0.717) is 12.8 Å². The standard InChI is InChI=1S/C40H78O4/c1-3-5-7-9-11-13-15-17-19-20-22-24-26-28-30-32-34-36-40(43)44-38(37-39(41)42)35-33-31-29-27-25-23-21-18-16-14-12-10-8-6-4-2/h38H,3-37H2,1-2H3,(H,41,42). The van der Waals surface area contributed by atoms with E-state index in [1.165, 1.54) is 180 Å². The summed E-state index contributed by atoms with van der Waals surface area (Å²) in [6.07, 6.45) is 42.7. The van der Waals surface area contributed by atoms with E-state index >= 15 is 0 Å². The molecule has 0 radical (unpaired) electrons. The van der Waals surface area contributed by atoms with E-state index in [-0.39, 0.29) is 12.4 Å². The molecule has 0 aliphatic heterocycles. The molecule has 0 bridgehead atoms. The van der Waals surface area contributed by atoms with Crippen LogP contribution in [-0.2, 0) is 14.3 Å². The summed E-state index contributed by atoms with van der Waals surface area (Å²) in [5.41, 5.74) is 0. The summed E-state index contributed by atoms with van der Waals surface area (Å²) in [5.74, 6) is -1.08. The van der Waals surface area contributed by atoms with Crippen molar-refractivity contribution in [3.63, 3.8) is 0 Å². The lowest BCUT2D eigenvalue weighted by Crippen LogP contribution is -2.21. The Balaban J connectivity index is 3.58. The number of rotatable bonds is 37. The molecule has 0 aromatic carbocycles. The lowest BCUT2D eigenvalue weighted by molar-refractivity contribution is -0.153. The monoisotopic (exact) mass is 623 g/mol. The lowest BCUT2D eigenvalue weighted by atomic mass is 10.0. The molecule has 1 atom stereocenters. The Hall–Kier alpha value is -1.06. The van der Waals surface area contributed by atoms with Gasteiger partial charge in [0.1, 0.15) is 6.10 Å². The van der Waals surface area contributed by atoms with Crippen molar-refractivity contribution in [1.82, 2.24) is 0 Å². The molecule has 262 valence electrons. The zero-order valence-corrected chi connectivity index (χ0v) is 30.0. The van der Waals surface area contributed by atoms with Gasteiger partial charge >= 0.3 is 11.9 Å². The Morgan fingerprint density at radius 1 is 0.432 bits per heavy atom. The average Bonchev–Trinajstić information content (AvgIpc) is 3.00. The normalized spacial score (nSPS) is 12.0. The molecule has 0 saturated carbocycles. The number of unbranched alkanes of at least 4 members (excludes halogenated alkanes) is 30. The van der Waals surface area contributed by atoms with E-state index in [2.05, 4.69) is 13.8 Å². The predicted molar refractivity (Wildman–Crippen MR) is 190 cm³/mol. The van der Waals surface area contributed by atoms with Gasteiger partial charge in [0.25, 0.3) is 0 Å². The summed E-state index contributed by atoms with van der Waals surface area (Å²) in [4.78, 5) is 23.6. The average molecular weight is 623 g/mol. The number of hydrogen-bond acceptors (Lipinski definition) is 3. The second kappa shape index (κ2) is 36.4. The Morgan fingerprint density at radius 2 is 0.705 bits per heavy atom. The highest BCUT2D eigenvalue weighted by molar-refractivity contribution is 5.71. The van der Waals surface area contributed by atoms with E-state index in [1.54, 1.807) is 0 Å². The minimum Gasteiger partial charge on any atom is -0.481 e. The molecule has 0 aliphatic rings. The molecule has 1 unspecified atom stereocenters. The largest absolute Gasteiger partial charge is 0.481 e. The molecular formula is C40H78O4. The van der Waals surface area contributed by atoms with Gasteiger partial charge in [0, 0.05) is 6.42 Å². The molecule has 0 saturated heterocycles. The predicted octanol–water partition coefficient (Wildman–Crippen LogP) is 13.7. The molecule has 4 heteroatoms. The molecule has 0 heterocycles. The van der Waals surface area contributed by atoms with Crippen LogP contribution in [0.4, 0.5) is 0 Å². The molecule has 0 amide bonds. The zero-order valence-electron chi connectivity index (χ0n) is 30.0. The third-order valence-electron chi connectivity index (χ3n) is 9.31. The van der Waals surface area contributed by atoms with Crippen LogP contribution in [0.25, 0.3) is 0 Å². The molecule has 0 aromatic rings. The van der Waals surface area contributed by atoms with Gasteiger partial charge in [0.15, 0.2) is 0 Å². The number of carboxylic acids is 1. The van der Waals surface area contributed by atoms with Crippen LogP contribution in [0.1, 0.15) is 239 Å². The second-order valence-corrected chi connectivity index (χ2v) is 13.9. The van der Waals surface area contributed by atoms with Crippen molar-refractivity contribution in [3.8, 4) is 0 Å². The number of carbonyl (C=O) groups is 2. The van der Waals surface area contributed by atoms with Gasteiger partial charge in [-0.2, -0.15) is 0 Å². The van der Waals surface area contributed by atoms with Crippen LogP contribution in [0, 0.1) is 0 Å². The van der Waals surface area contributed by atoms with Crippen molar-refractivity contribution in [1.29, 1.82) is 0 Å². The molecule has 0 aromatic heterocycles. The number of aliphatic carboxylic acids is 1. The van der Waals surface area contributed by atoms with Gasteiger partial charge in [-0.25, -0.2) is 0 Å². The van der Waals surface area contributed by atoms with Crippen LogP contribution in [0.3, 0.4) is 0 Å². The fourth-order valence-corrected chi connectivity index (χ4v) is 6.38. The van der Waals surface area contributed by atoms with E-state index in [1.807, 2.05) is 0 Å². The number of ether oxygens (including phenoxy) is 1. The van der Waals surface area contributed by atoms with Gasteiger partial charge in [-0.15, -0.1) is 0 Å². The molecule has 4 nitrogen and oxygen atoms in total. The first kappa shape index (κ1) is 42.9. The summed E-state index contributed by atoms with van der Waals surface area (Å²) in [7, 11) is 0. The van der Waals surface area contributed by atoms with Gasteiger partial charge < -0.3 is 9.84 Å². The number of hydrogen-bond donors (Lipinski definition) is 1. The van der Waals surface area contributed by atoms with Crippen LogP contribution >= 0.6 is 0 Å². The van der Waals surface area contributed by atoms with Gasteiger partial charge in [-0.05, 0) is 19.3 Å². The van der Waals surface area contributed by atoms with Gasteiger partial charge in [0.05, 0.1) is 6.42 Å². The second-order valence-electron chi connectivity index (χ2n) is 13.9. The molecular weight excluding hydrogens is 544 g/mol. The fraction of sp³-hybridized carbons (Fsp3) is 0.950. The Labute approximate surface area is 275 Å². The minimum absolute atomic E-state index is 0.0661. The molecule has 1 N–H and O–H groups in total. The zero-order chi connectivity index (χ0) is 32.2. The van der Waals surface area contributed by atoms with Crippen molar-refractivity contribution in [2.24, 2.45) is 0 Å². The van der Waals surface area contributed by atoms with Crippen LogP contribution in [-0.4, -0.2) is 23.1 Å². The molecule has 0 fully saturated rings. The van der Waals surface area contributed by atoms with E-state index in [9.17, 15) is 14.7 Å². The topological polar surface area (TPSA) is 63.6 Å². The highest BCUT2D eigenvalue weighted by Gasteiger charge is 2.17. The smallest absolute Gasteiger partial charge is 0.307 e. The SMILES string of the molecule is CCCCCCCCCCCCCCCCCCCC(=O)OC(CCCCCCCCCCCCCCCCC)CC(=O)O. The number of carboxylic acid groups (broad SMARTS) is 1. The first-order valence-electron chi connectivity index (χ1n) is 20.0. The summed E-state index contributed by atoms with van der Waals surface area (Å²) in [6.45, 7) is 4.56. The van der Waals surface area contributed by atoms with Gasteiger partial charge in [0.2, 0.25) is 0 Å². The van der Waals surface area contributed by atoms with Crippen LogP contribution < -0.4 is 0 Å². The van der Waals surface area contributed by atoms with Crippen molar-refractivity contribution in [2.45, 2.75) is 245 Å². The van der Waals surface area contributed by atoms with Crippen LogP contribution in [0.5, 0.6) is 0 Å². The maximum absolute atomic E-state index is 12.3. The Kier molecular flexibility index (Phi) is 35.5. The summed E-state index contributed by atoms with van der Waals surface area (Å²) >= 11 is 0. The fourth-order valence-electron chi connectivity index (χ4n) is 6.38. The van der Waals surface area contributed by atoms with E-state index in [4.69, 9.17) is 4.74 Å². The molecule has 0 rings (SSSR count). The van der Waals surface area contributed by atoms with Gasteiger partial charge in [-0.3, -0.25) is 9.59 Å². The highest BCUT2D eigenvalue weighted by Crippen LogP contribution is 2.18. The van der Waals surface area contributed by atoms with Crippen molar-refractivity contribution in [3.05, 3.63) is 0 Å². The first-order chi connectivity index (χ1) is 21.6. The lowest BCUT2D eigenvalue weighted by Gasteiger charge is -2.16. The third kappa shape index (κ3) is 35.4. The summed E-state index contributed by atoms with van der Waals surface area (Å²) in [5, 5.41) is 9.26. The van der Waals surface area contributed by atoms with Gasteiger partial charge in [-0.1, -0.05) is 206 Å². The quantitative estimate of drug-likeness (QED) is 0.0553. The Morgan fingerprint density at radius 3 is 1.00 bits per heavy atom. The van der Waals surface area contributed by atoms with Crippen molar-refractivity contribution in [2.75, 3.05) is 0 Å². The van der Waals surface area contributed by atoms with E-state index < -0.39 is 12.1 Å². The number of carbonyl (C=O) groups excluding carboxylic acids is 1. The molecule has 0 spiro atoms. The Bertz CT molecular complexity index is 590. The van der Waals surface area contributed by atoms with Crippen LogP contribution in [0.2, 0.25) is 0 Å². The minimum atomic E-state index is -0.874. The van der Waals surface area contributed by atoms with E-state index in [0.717, 1.165) is 25.7 Å². The molecule has 0 aliphatic carbocycles. The maximum Gasteiger partial charge on any atom is 0.307 e. The summed E-state index contributed by atoms with van der Waals surface area (Å²) in [6, 6.07) is 0. The third-order valence-corrected chi connectivity index (χ3v) is 9.31. The summed E-state index contributed by atoms with van der Waals surface area (Å²) < 4.78 is 5.59. The van der Waals surface area contributed by atoms with Crippen molar-refractivity contribution >= 4 is 11.9 Å². The van der Waals surface area contributed by atoms with Crippen LogP contribution in [0.15, 0.2) is 0 Å². The first-order valence-corrected chi connectivity index (χ1v) is 20.0. The van der Waals surface area contributed by atoms with Crippen molar-refractivity contribution < 1.29 is 19.4 Å². The molecule has 44 heavy (non-hydrogen) atoms. The highest BCUT2D eigenvalue weighted by atomic mass is 16.5. The maximum atomic E-state index is 12.3. The number of esters is 1.